The van der Waals surface area contributed by atoms with E-state index < -0.39 is 5.91 Å². The standard InChI is InChI=1S/C25H20Cl2N4O2/c1-2-15-7-5-11-20(33-14-21(29)32)22(15)23-16(13-28)19-10-3-4-12-31(19)25(23)30-24-17(26)8-6-9-18(24)27/h3-12,30H,2,14H2,1H3,(H2,29,32). The highest BCUT2D eigenvalue weighted by molar-refractivity contribution is 6.39. The van der Waals surface area contributed by atoms with Gasteiger partial charge in [-0.1, -0.05) is 54.4 Å². The van der Waals surface area contributed by atoms with Crippen LogP contribution in [0.2, 0.25) is 10.0 Å². The van der Waals surface area contributed by atoms with Crippen LogP contribution in [0.3, 0.4) is 0 Å². The van der Waals surface area contributed by atoms with Crippen molar-refractivity contribution in [1.82, 2.24) is 4.40 Å². The lowest BCUT2D eigenvalue weighted by molar-refractivity contribution is -0.119. The van der Waals surface area contributed by atoms with Crippen molar-refractivity contribution in [2.24, 2.45) is 5.73 Å². The number of nitriles is 1. The van der Waals surface area contributed by atoms with Gasteiger partial charge < -0.3 is 20.2 Å². The molecule has 0 fully saturated rings. The summed E-state index contributed by atoms with van der Waals surface area (Å²) in [6.45, 7) is 1.73. The summed E-state index contributed by atoms with van der Waals surface area (Å²) in [6.07, 6.45) is 2.53. The molecule has 4 rings (SSSR count). The van der Waals surface area contributed by atoms with Gasteiger partial charge in [0.15, 0.2) is 6.61 Å². The lowest BCUT2D eigenvalue weighted by Gasteiger charge is -2.17. The first-order valence-corrected chi connectivity index (χ1v) is 11.0. The minimum absolute atomic E-state index is 0.283. The molecule has 0 unspecified atom stereocenters. The number of amides is 1. The van der Waals surface area contributed by atoms with E-state index in [1.165, 1.54) is 0 Å². The number of hydrogen-bond acceptors (Lipinski definition) is 4. The predicted molar refractivity (Wildman–Crippen MR) is 131 cm³/mol. The SMILES string of the molecule is CCc1cccc(OCC(N)=O)c1-c1c(C#N)c2ccccn2c1Nc1c(Cl)cccc1Cl. The normalized spacial score (nSPS) is 10.7. The maximum Gasteiger partial charge on any atom is 0.255 e. The van der Waals surface area contributed by atoms with Gasteiger partial charge in [-0.15, -0.1) is 0 Å². The largest absolute Gasteiger partial charge is 0.483 e. The third-order valence-corrected chi connectivity index (χ3v) is 5.90. The summed E-state index contributed by atoms with van der Waals surface area (Å²) in [5.74, 6) is 0.461. The Labute approximate surface area is 201 Å². The number of primary amides is 1. The highest BCUT2D eigenvalue weighted by atomic mass is 35.5. The molecule has 0 radical (unpaired) electrons. The van der Waals surface area contributed by atoms with Crippen LogP contribution in [0, 0.1) is 11.3 Å². The third kappa shape index (κ3) is 4.21. The van der Waals surface area contributed by atoms with E-state index in [0.717, 1.165) is 5.56 Å². The van der Waals surface area contributed by atoms with E-state index in [4.69, 9.17) is 33.7 Å². The molecule has 3 N–H and O–H groups in total. The number of fused-ring (bicyclic) bond motifs is 1. The molecule has 8 heteroatoms. The van der Waals surface area contributed by atoms with Crippen LogP contribution in [-0.4, -0.2) is 16.9 Å². The van der Waals surface area contributed by atoms with Crippen LogP contribution in [0.4, 0.5) is 11.5 Å². The molecule has 33 heavy (non-hydrogen) atoms. The topological polar surface area (TPSA) is 92.5 Å². The molecule has 0 aliphatic heterocycles. The second-order valence-corrected chi connectivity index (χ2v) is 8.10. The van der Waals surface area contributed by atoms with Crippen LogP contribution in [0.5, 0.6) is 5.75 Å². The smallest absolute Gasteiger partial charge is 0.255 e. The molecule has 0 spiro atoms. The zero-order valence-corrected chi connectivity index (χ0v) is 19.2. The highest BCUT2D eigenvalue weighted by Gasteiger charge is 2.25. The Morgan fingerprint density at radius 3 is 2.48 bits per heavy atom. The Hall–Kier alpha value is -3.66. The van der Waals surface area contributed by atoms with E-state index in [1.807, 2.05) is 47.9 Å². The van der Waals surface area contributed by atoms with Gasteiger partial charge in [-0.3, -0.25) is 4.79 Å². The number of nitrogens with two attached hydrogens (primary N) is 1. The molecule has 1 amide bonds. The number of aryl methyl sites for hydroxylation is 1. The molecule has 0 bridgehead atoms. The van der Waals surface area contributed by atoms with Crippen LogP contribution < -0.4 is 15.8 Å². The van der Waals surface area contributed by atoms with Crippen molar-refractivity contribution in [3.63, 3.8) is 0 Å². The van der Waals surface area contributed by atoms with E-state index in [1.54, 1.807) is 24.3 Å². The fraction of sp³-hybridized carbons (Fsp3) is 0.120. The van der Waals surface area contributed by atoms with Crippen molar-refractivity contribution in [2.45, 2.75) is 13.3 Å². The lowest BCUT2D eigenvalue weighted by Crippen LogP contribution is -2.20. The van der Waals surface area contributed by atoms with Crippen LogP contribution in [0.1, 0.15) is 18.1 Å². The number of halogens is 2. The minimum Gasteiger partial charge on any atom is -0.483 e. The fourth-order valence-electron chi connectivity index (χ4n) is 3.85. The number of ether oxygens (including phenoxy) is 1. The molecule has 6 nitrogen and oxygen atoms in total. The van der Waals surface area contributed by atoms with Gasteiger partial charge in [-0.2, -0.15) is 5.26 Å². The second-order valence-electron chi connectivity index (χ2n) is 7.29. The lowest BCUT2D eigenvalue weighted by atomic mass is 9.95. The Kier molecular flexibility index (Phi) is 6.45. The molecular weight excluding hydrogens is 459 g/mol. The molecular formula is C25H20Cl2N4O2. The number of hydrogen-bond donors (Lipinski definition) is 2. The van der Waals surface area contributed by atoms with Gasteiger partial charge in [-0.05, 0) is 42.3 Å². The second kappa shape index (κ2) is 9.45. The van der Waals surface area contributed by atoms with Gasteiger partial charge >= 0.3 is 0 Å². The first-order chi connectivity index (χ1) is 16.0. The van der Waals surface area contributed by atoms with Crippen LogP contribution >= 0.6 is 23.2 Å². The molecule has 0 aliphatic rings. The Bertz CT molecular complexity index is 1390. The maximum absolute atomic E-state index is 11.4. The minimum atomic E-state index is -0.591. The Morgan fingerprint density at radius 2 is 1.82 bits per heavy atom. The number of benzene rings is 2. The van der Waals surface area contributed by atoms with Crippen molar-refractivity contribution < 1.29 is 9.53 Å². The number of carbonyl (C=O) groups excluding carboxylic acids is 1. The number of aromatic nitrogens is 1. The van der Waals surface area contributed by atoms with Gasteiger partial charge in [0, 0.05) is 17.3 Å². The quantitative estimate of drug-likeness (QED) is 0.342. The van der Waals surface area contributed by atoms with E-state index in [-0.39, 0.29) is 6.61 Å². The summed E-state index contributed by atoms with van der Waals surface area (Å²) in [6, 6.07) is 18.7. The van der Waals surface area contributed by atoms with Crippen molar-refractivity contribution >= 4 is 46.1 Å². The van der Waals surface area contributed by atoms with Crippen molar-refractivity contribution in [3.8, 4) is 22.9 Å². The molecule has 166 valence electrons. The van der Waals surface area contributed by atoms with E-state index in [0.29, 0.717) is 55.9 Å². The molecule has 2 heterocycles. The zero-order valence-electron chi connectivity index (χ0n) is 17.7. The summed E-state index contributed by atoms with van der Waals surface area (Å²) < 4.78 is 7.64. The van der Waals surface area contributed by atoms with Crippen LogP contribution in [0.25, 0.3) is 16.6 Å². The molecule has 2 aromatic carbocycles. The van der Waals surface area contributed by atoms with E-state index >= 15 is 0 Å². The molecule has 0 saturated carbocycles. The van der Waals surface area contributed by atoms with Crippen molar-refractivity contribution in [1.29, 1.82) is 5.26 Å². The number of rotatable bonds is 7. The number of anilines is 2. The first kappa shape index (κ1) is 22.5. The van der Waals surface area contributed by atoms with Gasteiger partial charge in [0.25, 0.3) is 5.91 Å². The fourth-order valence-corrected chi connectivity index (χ4v) is 4.34. The number of nitrogens with zero attached hydrogens (tertiary/aromatic N) is 2. The highest BCUT2D eigenvalue weighted by Crippen LogP contribution is 2.45. The summed E-state index contributed by atoms with van der Waals surface area (Å²) >= 11 is 12.9. The summed E-state index contributed by atoms with van der Waals surface area (Å²) in [5.41, 5.74) is 9.25. The predicted octanol–water partition coefficient (Wildman–Crippen LogP) is 5.95. The average Bonchev–Trinajstić information content (AvgIpc) is 3.12. The van der Waals surface area contributed by atoms with Crippen LogP contribution in [0.15, 0.2) is 60.8 Å². The summed E-state index contributed by atoms with van der Waals surface area (Å²) in [5, 5.41) is 14.4. The van der Waals surface area contributed by atoms with E-state index in [2.05, 4.69) is 11.4 Å². The average molecular weight is 479 g/mol. The van der Waals surface area contributed by atoms with Gasteiger partial charge in [0.2, 0.25) is 0 Å². The maximum atomic E-state index is 11.4. The van der Waals surface area contributed by atoms with E-state index in [9.17, 15) is 10.1 Å². The molecule has 2 aromatic heterocycles. The number of nitrogens with one attached hydrogen (secondary N) is 1. The molecule has 0 aliphatic carbocycles. The summed E-state index contributed by atoms with van der Waals surface area (Å²) in [4.78, 5) is 11.4. The zero-order chi connectivity index (χ0) is 23.5. The number of carbonyl (C=O) groups is 1. The number of pyridine rings is 1. The monoisotopic (exact) mass is 478 g/mol. The van der Waals surface area contributed by atoms with Crippen LogP contribution in [-0.2, 0) is 11.2 Å². The molecule has 0 saturated heterocycles. The molecule has 0 atom stereocenters. The van der Waals surface area contributed by atoms with Gasteiger partial charge in [-0.25, -0.2) is 0 Å². The number of para-hydroxylation sites is 1. The molecule has 4 aromatic rings. The Morgan fingerprint density at radius 1 is 1.09 bits per heavy atom. The third-order valence-electron chi connectivity index (χ3n) is 5.28. The van der Waals surface area contributed by atoms with Gasteiger partial charge in [0.1, 0.15) is 17.6 Å². The van der Waals surface area contributed by atoms with Gasteiger partial charge in [0.05, 0.1) is 26.8 Å². The van der Waals surface area contributed by atoms with Crippen molar-refractivity contribution in [2.75, 3.05) is 11.9 Å². The Balaban J connectivity index is 2.06. The summed E-state index contributed by atoms with van der Waals surface area (Å²) in [7, 11) is 0. The van der Waals surface area contributed by atoms with Crippen molar-refractivity contribution in [3.05, 3.63) is 82.0 Å². The first-order valence-electron chi connectivity index (χ1n) is 10.2.